The van der Waals surface area contributed by atoms with Gasteiger partial charge in [0.1, 0.15) is 0 Å². The zero-order chi connectivity index (χ0) is 14.8. The predicted molar refractivity (Wildman–Crippen MR) is 90.8 cm³/mol. The van der Waals surface area contributed by atoms with Crippen molar-refractivity contribution < 1.29 is 0 Å². The molecular weight excluding hydrogens is 268 g/mol. The molecule has 2 aliphatic heterocycles. The Bertz CT molecular complexity index is 556. The molecule has 2 heteroatoms. The fourth-order valence-corrected chi connectivity index (χ4v) is 4.27. The molecule has 0 amide bonds. The molecule has 0 aromatic heterocycles. The quantitative estimate of drug-likeness (QED) is 0.932. The van der Waals surface area contributed by atoms with Gasteiger partial charge in [0.2, 0.25) is 0 Å². The molecule has 22 heavy (non-hydrogen) atoms. The number of nitrogens with zero attached hydrogens (tertiary/aromatic N) is 1. The monoisotopic (exact) mass is 292 g/mol. The van der Waals surface area contributed by atoms with E-state index >= 15 is 0 Å². The highest BCUT2D eigenvalue weighted by atomic mass is 15.2. The number of fused-ring (bicyclic) bond motifs is 1. The van der Waals surface area contributed by atoms with E-state index in [1.807, 2.05) is 0 Å². The smallest absolute Gasteiger partial charge is 0.0604 e. The first-order valence-corrected chi connectivity index (χ1v) is 8.50. The zero-order valence-electron chi connectivity index (χ0n) is 13.0. The lowest BCUT2D eigenvalue weighted by Gasteiger charge is -2.38. The number of hydrogen-bond acceptors (Lipinski definition) is 2. The van der Waals surface area contributed by atoms with Gasteiger partial charge in [-0.25, -0.2) is 0 Å². The number of benzene rings is 2. The van der Waals surface area contributed by atoms with Crippen molar-refractivity contribution in [1.82, 2.24) is 10.2 Å². The van der Waals surface area contributed by atoms with Gasteiger partial charge in [-0.1, -0.05) is 60.7 Å². The van der Waals surface area contributed by atoms with Crippen LogP contribution in [-0.4, -0.2) is 30.6 Å². The minimum Gasteiger partial charge on any atom is -0.315 e. The molecule has 2 unspecified atom stereocenters. The van der Waals surface area contributed by atoms with Gasteiger partial charge in [0, 0.05) is 12.6 Å². The SMILES string of the molecule is c1ccc(C(c2ccccc2)N2CCC3CCNCC32)cc1. The van der Waals surface area contributed by atoms with Crippen molar-refractivity contribution in [3.63, 3.8) is 0 Å². The fraction of sp³-hybridized carbons (Fsp3) is 0.400. The Balaban J connectivity index is 1.72. The summed E-state index contributed by atoms with van der Waals surface area (Å²) in [4.78, 5) is 2.74. The van der Waals surface area contributed by atoms with Gasteiger partial charge in [0.05, 0.1) is 6.04 Å². The zero-order valence-corrected chi connectivity index (χ0v) is 13.0. The first-order chi connectivity index (χ1) is 10.9. The molecule has 1 N–H and O–H groups in total. The van der Waals surface area contributed by atoms with E-state index in [-0.39, 0.29) is 0 Å². The molecule has 4 rings (SSSR count). The lowest BCUT2D eigenvalue weighted by molar-refractivity contribution is 0.161. The highest BCUT2D eigenvalue weighted by Crippen LogP contribution is 2.38. The summed E-state index contributed by atoms with van der Waals surface area (Å²) in [5.41, 5.74) is 2.83. The highest BCUT2D eigenvalue weighted by Gasteiger charge is 2.39. The van der Waals surface area contributed by atoms with Crippen molar-refractivity contribution in [2.24, 2.45) is 5.92 Å². The molecular formula is C20H24N2. The van der Waals surface area contributed by atoms with Crippen LogP contribution >= 0.6 is 0 Å². The van der Waals surface area contributed by atoms with Crippen LogP contribution in [0.4, 0.5) is 0 Å². The first-order valence-electron chi connectivity index (χ1n) is 8.50. The summed E-state index contributed by atoms with van der Waals surface area (Å²) in [6.45, 7) is 3.54. The summed E-state index contributed by atoms with van der Waals surface area (Å²) in [5.74, 6) is 0.871. The Morgan fingerprint density at radius 3 is 2.14 bits per heavy atom. The molecule has 2 aliphatic rings. The molecule has 0 saturated carbocycles. The van der Waals surface area contributed by atoms with Crippen LogP contribution in [0, 0.1) is 5.92 Å². The first kappa shape index (κ1) is 14.0. The molecule has 2 heterocycles. The summed E-state index contributed by atoms with van der Waals surface area (Å²) in [6, 6.07) is 23.1. The number of hydrogen-bond donors (Lipinski definition) is 1. The molecule has 0 aliphatic carbocycles. The normalized spacial score (nSPS) is 25.3. The van der Waals surface area contributed by atoms with Crippen molar-refractivity contribution >= 4 is 0 Å². The summed E-state index contributed by atoms with van der Waals surface area (Å²) in [5, 5.41) is 3.60. The van der Waals surface area contributed by atoms with Gasteiger partial charge in [0.25, 0.3) is 0 Å². The summed E-state index contributed by atoms with van der Waals surface area (Å²) < 4.78 is 0. The van der Waals surface area contributed by atoms with E-state index < -0.39 is 0 Å². The van der Waals surface area contributed by atoms with E-state index in [0.29, 0.717) is 12.1 Å². The van der Waals surface area contributed by atoms with Crippen molar-refractivity contribution in [2.45, 2.75) is 24.9 Å². The molecule has 0 bridgehead atoms. The maximum Gasteiger partial charge on any atom is 0.0604 e. The Morgan fingerprint density at radius 2 is 1.50 bits per heavy atom. The lowest BCUT2D eigenvalue weighted by atomic mass is 9.91. The van der Waals surface area contributed by atoms with E-state index in [1.165, 1.54) is 37.1 Å². The average Bonchev–Trinajstić information content (AvgIpc) is 3.01. The van der Waals surface area contributed by atoms with Crippen LogP contribution in [0.5, 0.6) is 0 Å². The second kappa shape index (κ2) is 6.23. The molecule has 2 saturated heterocycles. The van der Waals surface area contributed by atoms with Crippen LogP contribution in [0.1, 0.15) is 30.0 Å². The van der Waals surface area contributed by atoms with E-state index in [4.69, 9.17) is 0 Å². The maximum atomic E-state index is 3.60. The van der Waals surface area contributed by atoms with Crippen LogP contribution in [0.15, 0.2) is 60.7 Å². The van der Waals surface area contributed by atoms with Gasteiger partial charge in [-0.3, -0.25) is 4.90 Å². The van der Waals surface area contributed by atoms with Gasteiger partial charge in [0.15, 0.2) is 0 Å². The summed E-state index contributed by atoms with van der Waals surface area (Å²) >= 11 is 0. The number of nitrogens with one attached hydrogen (secondary N) is 1. The van der Waals surface area contributed by atoms with Crippen molar-refractivity contribution in [3.05, 3.63) is 71.8 Å². The second-order valence-corrected chi connectivity index (χ2v) is 6.57. The van der Waals surface area contributed by atoms with Gasteiger partial charge < -0.3 is 5.32 Å². The minimum absolute atomic E-state index is 0.386. The van der Waals surface area contributed by atoms with Crippen LogP contribution in [0.25, 0.3) is 0 Å². The van der Waals surface area contributed by atoms with Crippen molar-refractivity contribution in [3.8, 4) is 0 Å². The van der Waals surface area contributed by atoms with Gasteiger partial charge in [-0.15, -0.1) is 0 Å². The third kappa shape index (κ3) is 2.57. The standard InChI is InChI=1S/C20H24N2/c1-3-7-17(8-4-1)20(18-9-5-2-6-10-18)22-14-12-16-11-13-21-15-19(16)22/h1-10,16,19-21H,11-15H2. The molecule has 2 aromatic rings. The second-order valence-electron chi connectivity index (χ2n) is 6.57. The maximum absolute atomic E-state index is 3.60. The molecule has 2 fully saturated rings. The van der Waals surface area contributed by atoms with Gasteiger partial charge in [-0.2, -0.15) is 0 Å². The van der Waals surface area contributed by atoms with Crippen LogP contribution < -0.4 is 5.32 Å². The van der Waals surface area contributed by atoms with Crippen LogP contribution in [-0.2, 0) is 0 Å². The van der Waals surface area contributed by atoms with Crippen molar-refractivity contribution in [1.29, 1.82) is 0 Å². The summed E-state index contributed by atoms with van der Waals surface area (Å²) in [6.07, 6.45) is 2.68. The summed E-state index contributed by atoms with van der Waals surface area (Å²) in [7, 11) is 0. The van der Waals surface area contributed by atoms with E-state index in [1.54, 1.807) is 0 Å². The molecule has 2 aromatic carbocycles. The van der Waals surface area contributed by atoms with Crippen LogP contribution in [0.3, 0.4) is 0 Å². The van der Waals surface area contributed by atoms with E-state index in [9.17, 15) is 0 Å². The number of piperidine rings is 1. The number of likely N-dealkylation sites (tertiary alicyclic amines) is 1. The van der Waals surface area contributed by atoms with Gasteiger partial charge >= 0.3 is 0 Å². The topological polar surface area (TPSA) is 15.3 Å². The van der Waals surface area contributed by atoms with Crippen LogP contribution in [0.2, 0.25) is 0 Å². The van der Waals surface area contributed by atoms with E-state index in [0.717, 1.165) is 12.5 Å². The minimum atomic E-state index is 0.386. The van der Waals surface area contributed by atoms with Crippen molar-refractivity contribution in [2.75, 3.05) is 19.6 Å². The molecule has 2 atom stereocenters. The third-order valence-electron chi connectivity index (χ3n) is 5.34. The number of rotatable bonds is 3. The Hall–Kier alpha value is -1.64. The molecule has 114 valence electrons. The predicted octanol–water partition coefficient (Wildman–Crippen LogP) is 3.46. The lowest BCUT2D eigenvalue weighted by Crippen LogP contribution is -2.47. The Labute approximate surface area is 133 Å². The Morgan fingerprint density at radius 1 is 0.864 bits per heavy atom. The van der Waals surface area contributed by atoms with Gasteiger partial charge in [-0.05, 0) is 43.0 Å². The van der Waals surface area contributed by atoms with E-state index in [2.05, 4.69) is 70.9 Å². The largest absolute Gasteiger partial charge is 0.315 e. The molecule has 0 spiro atoms. The highest BCUT2D eigenvalue weighted by molar-refractivity contribution is 5.32. The Kier molecular flexibility index (Phi) is 3.96. The third-order valence-corrected chi connectivity index (χ3v) is 5.34. The average molecular weight is 292 g/mol. The molecule has 2 nitrogen and oxygen atoms in total. The fourth-order valence-electron chi connectivity index (χ4n) is 4.27. The molecule has 0 radical (unpaired) electrons.